The maximum atomic E-state index is 8.97. The number of hydrogen-bond donors (Lipinski definition) is 0. The van der Waals surface area contributed by atoms with Crippen molar-refractivity contribution in [2.45, 2.75) is 0 Å². The van der Waals surface area contributed by atoms with Gasteiger partial charge in [0.25, 0.3) is 0 Å². The van der Waals surface area contributed by atoms with Gasteiger partial charge in [0.1, 0.15) is 5.82 Å². The number of nitrogens with zero attached hydrogens (tertiary/aromatic N) is 3. The van der Waals surface area contributed by atoms with Crippen LogP contribution in [0.2, 0.25) is 0 Å². The van der Waals surface area contributed by atoms with E-state index in [1.807, 2.05) is 48.0 Å². The van der Waals surface area contributed by atoms with Crippen molar-refractivity contribution in [3.63, 3.8) is 0 Å². The van der Waals surface area contributed by atoms with Crippen molar-refractivity contribution >= 4 is 42.9 Å². The first kappa shape index (κ1) is 13.3. The van der Waals surface area contributed by atoms with Crippen molar-refractivity contribution < 1.29 is 0 Å². The first-order valence-corrected chi connectivity index (χ1v) is 7.51. The Kier molecular flexibility index (Phi) is 3.36. The second-order valence-electron chi connectivity index (χ2n) is 4.43. The number of nitriles is 1. The fourth-order valence-electron chi connectivity index (χ4n) is 2.18. The van der Waals surface area contributed by atoms with E-state index in [1.54, 1.807) is 0 Å². The van der Waals surface area contributed by atoms with Crippen LogP contribution in [0.4, 0.5) is 0 Å². The van der Waals surface area contributed by atoms with E-state index < -0.39 is 0 Å². The lowest BCUT2D eigenvalue weighted by Crippen LogP contribution is -1.93. The van der Waals surface area contributed by atoms with E-state index in [2.05, 4.69) is 42.9 Å². The number of rotatable bonds is 1. The maximum absolute atomic E-state index is 8.97. The Morgan fingerprint density at radius 3 is 2.70 bits per heavy atom. The highest BCUT2D eigenvalue weighted by atomic mass is 79.9. The van der Waals surface area contributed by atoms with Crippen LogP contribution in [-0.4, -0.2) is 9.55 Å². The van der Waals surface area contributed by atoms with E-state index in [-0.39, 0.29) is 0 Å². The monoisotopic (exact) mass is 389 g/mol. The number of imidazole rings is 1. The molecule has 3 aromatic rings. The minimum absolute atomic E-state index is 0.621. The smallest absolute Gasteiger partial charge is 0.142 e. The van der Waals surface area contributed by atoms with Crippen molar-refractivity contribution in [3.05, 3.63) is 50.9 Å². The van der Waals surface area contributed by atoms with Crippen LogP contribution in [0.15, 0.2) is 45.3 Å². The zero-order valence-electron chi connectivity index (χ0n) is 10.6. The average molecular weight is 391 g/mol. The number of hydrogen-bond acceptors (Lipinski definition) is 2. The van der Waals surface area contributed by atoms with E-state index in [1.165, 1.54) is 0 Å². The van der Waals surface area contributed by atoms with Crippen LogP contribution in [0, 0.1) is 11.3 Å². The van der Waals surface area contributed by atoms with Crippen LogP contribution in [0.1, 0.15) is 5.56 Å². The summed E-state index contributed by atoms with van der Waals surface area (Å²) >= 11 is 7.04. The Balaban J connectivity index is 2.29. The molecule has 0 aliphatic heterocycles. The van der Waals surface area contributed by atoms with Gasteiger partial charge in [-0.15, -0.1) is 0 Å². The standard InChI is InChI=1S/C15H9Br2N3/c1-20-14-5-2-9(8-18)6-13(14)19-15(20)11-7-10(16)3-4-12(11)17/h2-7H,1H3. The summed E-state index contributed by atoms with van der Waals surface area (Å²) in [5, 5.41) is 8.97. The maximum Gasteiger partial charge on any atom is 0.142 e. The molecule has 1 aromatic heterocycles. The second-order valence-corrected chi connectivity index (χ2v) is 6.20. The van der Waals surface area contributed by atoms with Crippen LogP contribution in [-0.2, 0) is 7.05 Å². The minimum atomic E-state index is 0.621. The average Bonchev–Trinajstić information content (AvgIpc) is 2.78. The van der Waals surface area contributed by atoms with Gasteiger partial charge >= 0.3 is 0 Å². The predicted octanol–water partition coefficient (Wildman–Crippen LogP) is 4.64. The van der Waals surface area contributed by atoms with Crippen LogP contribution in [0.25, 0.3) is 22.4 Å². The first-order chi connectivity index (χ1) is 9.60. The first-order valence-electron chi connectivity index (χ1n) is 5.92. The highest BCUT2D eigenvalue weighted by molar-refractivity contribution is 9.11. The van der Waals surface area contributed by atoms with Gasteiger partial charge in [0.05, 0.1) is 22.7 Å². The Bertz CT molecular complexity index is 859. The molecule has 0 atom stereocenters. The summed E-state index contributed by atoms with van der Waals surface area (Å²) in [4.78, 5) is 4.65. The van der Waals surface area contributed by atoms with Gasteiger partial charge in [-0.3, -0.25) is 0 Å². The van der Waals surface area contributed by atoms with Gasteiger partial charge in [0.15, 0.2) is 0 Å². The molecule has 2 aromatic carbocycles. The van der Waals surface area contributed by atoms with Gasteiger partial charge < -0.3 is 4.57 Å². The normalized spacial score (nSPS) is 10.7. The molecule has 0 radical (unpaired) electrons. The van der Waals surface area contributed by atoms with Gasteiger partial charge in [-0.1, -0.05) is 31.9 Å². The highest BCUT2D eigenvalue weighted by Crippen LogP contribution is 2.32. The van der Waals surface area contributed by atoms with E-state index in [9.17, 15) is 0 Å². The molecule has 3 rings (SSSR count). The molecule has 20 heavy (non-hydrogen) atoms. The summed E-state index contributed by atoms with van der Waals surface area (Å²) in [6.45, 7) is 0. The SMILES string of the molecule is Cn1c(-c2cc(Br)ccc2Br)nc2cc(C#N)ccc21. The summed E-state index contributed by atoms with van der Waals surface area (Å²) < 4.78 is 4.02. The number of halogens is 2. The van der Waals surface area contributed by atoms with Crippen molar-refractivity contribution in [2.75, 3.05) is 0 Å². The van der Waals surface area contributed by atoms with Crippen molar-refractivity contribution in [2.24, 2.45) is 7.05 Å². The fraction of sp³-hybridized carbons (Fsp3) is 0.0667. The molecule has 0 N–H and O–H groups in total. The van der Waals surface area contributed by atoms with Gasteiger partial charge in [-0.25, -0.2) is 4.98 Å². The Morgan fingerprint density at radius 1 is 1.15 bits per heavy atom. The fourth-order valence-corrected chi connectivity index (χ4v) is 2.96. The van der Waals surface area contributed by atoms with Crippen molar-refractivity contribution in [1.29, 1.82) is 5.26 Å². The lowest BCUT2D eigenvalue weighted by molar-refractivity contribution is 0.958. The van der Waals surface area contributed by atoms with E-state index in [0.717, 1.165) is 31.4 Å². The van der Waals surface area contributed by atoms with Crippen molar-refractivity contribution in [3.8, 4) is 17.5 Å². The molecule has 0 unspecified atom stereocenters. The minimum Gasteiger partial charge on any atom is -0.327 e. The Hall–Kier alpha value is -1.64. The summed E-state index contributed by atoms with van der Waals surface area (Å²) in [6, 6.07) is 13.7. The third-order valence-electron chi connectivity index (χ3n) is 3.18. The largest absolute Gasteiger partial charge is 0.327 e. The number of fused-ring (bicyclic) bond motifs is 1. The topological polar surface area (TPSA) is 41.6 Å². The molecule has 98 valence electrons. The molecular formula is C15H9Br2N3. The molecule has 0 saturated carbocycles. The van der Waals surface area contributed by atoms with Crippen molar-refractivity contribution in [1.82, 2.24) is 9.55 Å². The molecule has 0 bridgehead atoms. The number of aryl methyl sites for hydroxylation is 1. The van der Waals surface area contributed by atoms with Gasteiger partial charge in [0, 0.05) is 21.6 Å². The molecule has 0 aliphatic rings. The summed E-state index contributed by atoms with van der Waals surface area (Å²) in [5.74, 6) is 0.864. The van der Waals surface area contributed by atoms with Crippen LogP contribution < -0.4 is 0 Å². The number of benzene rings is 2. The Morgan fingerprint density at radius 2 is 1.95 bits per heavy atom. The second kappa shape index (κ2) is 5.04. The van der Waals surface area contributed by atoms with Crippen LogP contribution in [0.3, 0.4) is 0 Å². The third-order valence-corrected chi connectivity index (χ3v) is 4.36. The molecule has 0 aliphatic carbocycles. The lowest BCUT2D eigenvalue weighted by atomic mass is 10.2. The van der Waals surface area contributed by atoms with E-state index in [0.29, 0.717) is 5.56 Å². The van der Waals surface area contributed by atoms with Gasteiger partial charge in [-0.2, -0.15) is 5.26 Å². The van der Waals surface area contributed by atoms with Gasteiger partial charge in [-0.05, 0) is 36.4 Å². The molecule has 0 saturated heterocycles. The number of aromatic nitrogens is 2. The zero-order valence-corrected chi connectivity index (χ0v) is 13.7. The molecule has 3 nitrogen and oxygen atoms in total. The Labute approximate surface area is 133 Å². The predicted molar refractivity (Wildman–Crippen MR) is 86.3 cm³/mol. The lowest BCUT2D eigenvalue weighted by Gasteiger charge is -2.05. The van der Waals surface area contributed by atoms with Gasteiger partial charge in [0.2, 0.25) is 0 Å². The summed E-state index contributed by atoms with van der Waals surface area (Å²) in [6.07, 6.45) is 0. The highest BCUT2D eigenvalue weighted by Gasteiger charge is 2.13. The molecule has 5 heteroatoms. The zero-order chi connectivity index (χ0) is 14.3. The van der Waals surface area contributed by atoms with Crippen LogP contribution >= 0.6 is 31.9 Å². The third kappa shape index (κ3) is 2.15. The molecule has 0 fully saturated rings. The molecule has 0 amide bonds. The van der Waals surface area contributed by atoms with Crippen LogP contribution in [0.5, 0.6) is 0 Å². The molecular weight excluding hydrogens is 382 g/mol. The summed E-state index contributed by atoms with van der Waals surface area (Å²) in [7, 11) is 1.98. The van der Waals surface area contributed by atoms with E-state index in [4.69, 9.17) is 5.26 Å². The molecule has 1 heterocycles. The quantitative estimate of drug-likeness (QED) is 0.607. The molecule has 0 spiro atoms. The summed E-state index contributed by atoms with van der Waals surface area (Å²) in [5.41, 5.74) is 3.46. The van der Waals surface area contributed by atoms with E-state index >= 15 is 0 Å².